The van der Waals surface area contributed by atoms with Crippen molar-refractivity contribution in [2.75, 3.05) is 6.54 Å². The SMILES string of the molecule is CCN(Cc1cccc(F)c1)C(=O)C1CCC(N)CC1. The smallest absolute Gasteiger partial charge is 0.225 e. The molecule has 1 aromatic carbocycles. The number of hydrogen-bond acceptors (Lipinski definition) is 2. The lowest BCUT2D eigenvalue weighted by atomic mass is 9.85. The number of carbonyl (C=O) groups excluding carboxylic acids is 1. The monoisotopic (exact) mass is 278 g/mol. The molecule has 1 aromatic rings. The van der Waals surface area contributed by atoms with Gasteiger partial charge in [0.2, 0.25) is 5.91 Å². The number of benzene rings is 1. The second-order valence-corrected chi connectivity index (χ2v) is 5.59. The van der Waals surface area contributed by atoms with E-state index in [4.69, 9.17) is 5.73 Å². The number of carbonyl (C=O) groups is 1. The molecule has 0 heterocycles. The molecule has 20 heavy (non-hydrogen) atoms. The molecule has 3 nitrogen and oxygen atoms in total. The second kappa shape index (κ2) is 6.84. The Morgan fingerprint density at radius 2 is 2.05 bits per heavy atom. The van der Waals surface area contributed by atoms with Gasteiger partial charge in [-0.2, -0.15) is 0 Å². The molecule has 1 saturated carbocycles. The van der Waals surface area contributed by atoms with Gasteiger partial charge in [-0.05, 0) is 50.3 Å². The third-order valence-electron chi connectivity index (χ3n) is 4.08. The lowest BCUT2D eigenvalue weighted by Gasteiger charge is -2.30. The molecule has 0 aliphatic heterocycles. The fourth-order valence-electron chi connectivity index (χ4n) is 2.83. The number of rotatable bonds is 4. The summed E-state index contributed by atoms with van der Waals surface area (Å²) in [5.41, 5.74) is 6.72. The molecular formula is C16H23FN2O. The highest BCUT2D eigenvalue weighted by Crippen LogP contribution is 2.25. The second-order valence-electron chi connectivity index (χ2n) is 5.59. The van der Waals surface area contributed by atoms with E-state index >= 15 is 0 Å². The van der Waals surface area contributed by atoms with Crippen LogP contribution in [0.2, 0.25) is 0 Å². The number of halogens is 1. The number of nitrogens with zero attached hydrogens (tertiary/aromatic N) is 1. The van der Waals surface area contributed by atoms with Gasteiger partial charge < -0.3 is 10.6 Å². The summed E-state index contributed by atoms with van der Waals surface area (Å²) in [7, 11) is 0. The van der Waals surface area contributed by atoms with Gasteiger partial charge >= 0.3 is 0 Å². The van der Waals surface area contributed by atoms with Crippen molar-refractivity contribution in [2.24, 2.45) is 11.7 Å². The average molecular weight is 278 g/mol. The zero-order chi connectivity index (χ0) is 14.5. The fraction of sp³-hybridized carbons (Fsp3) is 0.562. The first kappa shape index (κ1) is 15.0. The number of hydrogen-bond donors (Lipinski definition) is 1. The van der Waals surface area contributed by atoms with Crippen molar-refractivity contribution in [3.05, 3.63) is 35.6 Å². The Balaban J connectivity index is 1.99. The molecule has 0 aromatic heterocycles. The molecule has 0 spiro atoms. The van der Waals surface area contributed by atoms with Crippen LogP contribution in [-0.4, -0.2) is 23.4 Å². The van der Waals surface area contributed by atoms with Gasteiger partial charge in [-0.1, -0.05) is 12.1 Å². The van der Waals surface area contributed by atoms with E-state index in [1.54, 1.807) is 6.07 Å². The lowest BCUT2D eigenvalue weighted by molar-refractivity contribution is -0.137. The van der Waals surface area contributed by atoms with Crippen LogP contribution in [0.3, 0.4) is 0 Å². The highest BCUT2D eigenvalue weighted by molar-refractivity contribution is 5.78. The Labute approximate surface area is 120 Å². The van der Waals surface area contributed by atoms with Gasteiger partial charge in [-0.15, -0.1) is 0 Å². The Bertz CT molecular complexity index is 456. The molecule has 0 atom stereocenters. The minimum Gasteiger partial charge on any atom is -0.338 e. The molecule has 0 radical (unpaired) electrons. The maximum absolute atomic E-state index is 13.2. The van der Waals surface area contributed by atoms with Crippen LogP contribution in [0, 0.1) is 11.7 Å². The van der Waals surface area contributed by atoms with Crippen molar-refractivity contribution in [2.45, 2.75) is 45.2 Å². The summed E-state index contributed by atoms with van der Waals surface area (Å²) in [6.07, 6.45) is 3.60. The normalized spacial score (nSPS) is 22.6. The van der Waals surface area contributed by atoms with E-state index in [1.165, 1.54) is 12.1 Å². The van der Waals surface area contributed by atoms with Crippen LogP contribution in [0.15, 0.2) is 24.3 Å². The first-order valence-corrected chi connectivity index (χ1v) is 7.39. The standard InChI is InChI=1S/C16H23FN2O/c1-2-19(11-12-4-3-5-14(17)10-12)16(20)13-6-8-15(18)9-7-13/h3-5,10,13,15H,2,6-9,11,18H2,1H3. The van der Waals surface area contributed by atoms with Crippen LogP contribution in [0.4, 0.5) is 4.39 Å². The van der Waals surface area contributed by atoms with E-state index in [0.29, 0.717) is 13.1 Å². The van der Waals surface area contributed by atoms with E-state index in [9.17, 15) is 9.18 Å². The molecule has 0 bridgehead atoms. The van der Waals surface area contributed by atoms with E-state index in [2.05, 4.69) is 0 Å². The summed E-state index contributed by atoms with van der Waals surface area (Å²) < 4.78 is 13.2. The summed E-state index contributed by atoms with van der Waals surface area (Å²) in [6, 6.07) is 6.70. The van der Waals surface area contributed by atoms with Gasteiger partial charge in [0.25, 0.3) is 0 Å². The van der Waals surface area contributed by atoms with Crippen LogP contribution in [0.5, 0.6) is 0 Å². The molecule has 2 N–H and O–H groups in total. The van der Waals surface area contributed by atoms with E-state index < -0.39 is 0 Å². The summed E-state index contributed by atoms with van der Waals surface area (Å²) >= 11 is 0. The molecule has 1 amide bonds. The Morgan fingerprint density at radius 3 is 2.65 bits per heavy atom. The first-order valence-electron chi connectivity index (χ1n) is 7.39. The van der Waals surface area contributed by atoms with Crippen LogP contribution < -0.4 is 5.73 Å². The highest BCUT2D eigenvalue weighted by Gasteiger charge is 2.27. The van der Waals surface area contributed by atoms with Crippen LogP contribution >= 0.6 is 0 Å². The van der Waals surface area contributed by atoms with Crippen molar-refractivity contribution in [3.8, 4) is 0 Å². The van der Waals surface area contributed by atoms with Crippen molar-refractivity contribution in [3.63, 3.8) is 0 Å². The number of amides is 1. The summed E-state index contributed by atoms with van der Waals surface area (Å²) in [5.74, 6) is 0.0154. The zero-order valence-corrected chi connectivity index (χ0v) is 12.0. The van der Waals surface area contributed by atoms with Crippen molar-refractivity contribution in [1.29, 1.82) is 0 Å². The van der Waals surface area contributed by atoms with E-state index in [0.717, 1.165) is 31.2 Å². The minimum absolute atomic E-state index is 0.0864. The highest BCUT2D eigenvalue weighted by atomic mass is 19.1. The molecular weight excluding hydrogens is 255 g/mol. The van der Waals surface area contributed by atoms with Gasteiger partial charge in [0.1, 0.15) is 5.82 Å². The van der Waals surface area contributed by atoms with Gasteiger partial charge in [0.05, 0.1) is 0 Å². The largest absolute Gasteiger partial charge is 0.338 e. The lowest BCUT2D eigenvalue weighted by Crippen LogP contribution is -2.39. The van der Waals surface area contributed by atoms with Crippen molar-refractivity contribution in [1.82, 2.24) is 4.90 Å². The third kappa shape index (κ3) is 3.79. The molecule has 1 aliphatic carbocycles. The molecule has 1 fully saturated rings. The minimum atomic E-state index is -0.255. The predicted molar refractivity (Wildman–Crippen MR) is 77.4 cm³/mol. The third-order valence-corrected chi connectivity index (χ3v) is 4.08. The Morgan fingerprint density at radius 1 is 1.35 bits per heavy atom. The average Bonchev–Trinajstić information content (AvgIpc) is 2.45. The first-order chi connectivity index (χ1) is 9.60. The molecule has 110 valence electrons. The maximum Gasteiger partial charge on any atom is 0.225 e. The molecule has 0 saturated heterocycles. The summed E-state index contributed by atoms with van der Waals surface area (Å²) in [6.45, 7) is 3.10. The maximum atomic E-state index is 13.2. The zero-order valence-electron chi connectivity index (χ0n) is 12.0. The van der Waals surface area contributed by atoms with Crippen LogP contribution in [0.25, 0.3) is 0 Å². The fourth-order valence-corrected chi connectivity index (χ4v) is 2.83. The molecule has 0 unspecified atom stereocenters. The number of nitrogens with two attached hydrogens (primary N) is 1. The van der Waals surface area contributed by atoms with Gasteiger partial charge in [-0.25, -0.2) is 4.39 Å². The molecule has 1 aliphatic rings. The van der Waals surface area contributed by atoms with Crippen molar-refractivity contribution < 1.29 is 9.18 Å². The van der Waals surface area contributed by atoms with Crippen LogP contribution in [0.1, 0.15) is 38.2 Å². The molecule has 2 rings (SSSR count). The van der Waals surface area contributed by atoms with E-state index in [1.807, 2.05) is 17.9 Å². The van der Waals surface area contributed by atoms with Gasteiger partial charge in [0, 0.05) is 25.0 Å². The topological polar surface area (TPSA) is 46.3 Å². The van der Waals surface area contributed by atoms with Gasteiger partial charge in [-0.3, -0.25) is 4.79 Å². The van der Waals surface area contributed by atoms with E-state index in [-0.39, 0.29) is 23.7 Å². The quantitative estimate of drug-likeness (QED) is 0.920. The predicted octanol–water partition coefficient (Wildman–Crippen LogP) is 2.69. The molecule has 4 heteroatoms. The summed E-state index contributed by atoms with van der Waals surface area (Å²) in [4.78, 5) is 14.3. The van der Waals surface area contributed by atoms with Crippen molar-refractivity contribution >= 4 is 5.91 Å². The van der Waals surface area contributed by atoms with Gasteiger partial charge in [0.15, 0.2) is 0 Å². The van der Waals surface area contributed by atoms with Crippen LogP contribution in [-0.2, 0) is 11.3 Å². The Kier molecular flexibility index (Phi) is 5.12. The Hall–Kier alpha value is -1.42. The summed E-state index contributed by atoms with van der Waals surface area (Å²) in [5, 5.41) is 0.